The summed E-state index contributed by atoms with van der Waals surface area (Å²) in [6.07, 6.45) is 5.17. The lowest BCUT2D eigenvalue weighted by molar-refractivity contribution is 0.105. The van der Waals surface area contributed by atoms with Gasteiger partial charge in [-0.1, -0.05) is 341 Å². The van der Waals surface area contributed by atoms with Crippen molar-refractivity contribution >= 4 is 89.9 Å². The van der Waals surface area contributed by atoms with Crippen molar-refractivity contribution in [1.29, 1.82) is 0 Å². The monoisotopic (exact) mass is 1750 g/mol. The number of nitrogens with zero attached hydrogens (tertiary/aromatic N) is 4. The molecule has 2 atom stereocenters. The maximum absolute atomic E-state index is 6.68. The Hall–Kier alpha value is -16.6. The number of ether oxygens (including phenoxy) is 4. The lowest BCUT2D eigenvalue weighted by atomic mass is 9.70. The molecule has 2 unspecified atom stereocenters. The highest BCUT2D eigenvalue weighted by Gasteiger charge is 2.47. The predicted molar refractivity (Wildman–Crippen MR) is 562 cm³/mol. The summed E-state index contributed by atoms with van der Waals surface area (Å²) in [6, 6.07) is 168. The third-order valence-electron chi connectivity index (χ3n) is 27.8. The molecule has 2 aliphatic carbocycles. The molecule has 2 aromatic heterocycles. The molecule has 0 fully saturated rings. The Balaban J connectivity index is 0.474. The zero-order valence-corrected chi connectivity index (χ0v) is 75.5. The second-order valence-corrected chi connectivity index (χ2v) is 35.6. The summed E-state index contributed by atoms with van der Waals surface area (Å²) in [5.41, 5.74) is 35.7. The fraction of sp³-hybridized carbons (Fsp3) is 0.0781. The summed E-state index contributed by atoms with van der Waals surface area (Å²) in [5, 5.41) is 4.68. The number of benzene rings is 19. The van der Waals surface area contributed by atoms with Crippen molar-refractivity contribution in [3.8, 4) is 67.4 Å². The van der Waals surface area contributed by atoms with Gasteiger partial charge in [-0.05, 0) is 270 Å². The van der Waals surface area contributed by atoms with E-state index in [0.717, 1.165) is 147 Å². The second kappa shape index (κ2) is 36.5. The average Bonchev–Trinajstić information content (AvgIpc) is 1.55. The molecular weight excluding hydrogens is 1660 g/mol. The Morgan fingerprint density at radius 1 is 0.243 bits per heavy atom. The van der Waals surface area contributed by atoms with E-state index in [1.54, 1.807) is 0 Å². The van der Waals surface area contributed by atoms with E-state index in [2.05, 4.69) is 469 Å². The number of hydrogen-bond donors (Lipinski definition) is 0. The molecule has 0 aliphatic heterocycles. The highest BCUT2D eigenvalue weighted by atomic mass is 16.5. The second-order valence-electron chi connectivity index (χ2n) is 35.6. The van der Waals surface area contributed by atoms with Gasteiger partial charge >= 0.3 is 0 Å². The number of hydrogen-bond acceptors (Lipinski definition) is 6. The van der Waals surface area contributed by atoms with E-state index in [1.165, 1.54) is 77.5 Å². The largest absolute Gasteiger partial charge is 0.494 e. The Morgan fingerprint density at radius 3 is 0.926 bits per heavy atom. The first-order valence-electron chi connectivity index (χ1n) is 47.0. The van der Waals surface area contributed by atoms with Gasteiger partial charge in [-0.3, -0.25) is 0 Å². The predicted octanol–water partition coefficient (Wildman–Crippen LogP) is 32.4. The number of rotatable bonds is 30. The standard InChI is InChI=1S/C128H98N4O4/c1-3-89-49-69-109(70-50-89)135-79-77-127(99-29-13-7-14-30-99)119-37-21-17-33-111(119)113-73-65-107(83-121(113)127)129(101-61-53-97(54-62-101)95-25-9-5-10-26-95)105-67-75-125-117(81-105)115-35-19-23-39-123(115)131(125)103-57-45-93(46-58-103)87-133-85-91-41-43-92(44-42-91)86-134-88-94-47-59-104(60-48-94)132-124-40-24-20-36-116(124)118-82-106(68-76-126(118)132)130(102-63-55-98(56-64-102)96-27-11-6-12-28-96)108-66-74-114-112-34-18-22-38-120(112)128(122(114)84-108,100-31-15-8-16-32-100)78-80-136-110-71-51-90(4-2)52-72-110/h3-76,81-84H,1-2,77-80,85-88H2. The SMILES string of the molecule is C=Cc1ccc(OCCC2(c3ccccc3)c3ccccc3-c3ccc(N(c4ccc(-c5ccccc5)cc4)c4ccc5c(c4)c4ccccc4n5-c4ccc(COCc5ccc(COCc6ccc(-n7c8ccccc8c8cc(N(c9ccc(-c%10ccccc%10)cc9)c9ccc%10c(c9)C(CCOc9ccc(C=C)cc9)(c9ccccc9)c9ccccc9-%10)ccc87)cc6)cc5)cc4)cc32)cc1. The van der Waals surface area contributed by atoms with E-state index in [-0.39, 0.29) is 0 Å². The summed E-state index contributed by atoms with van der Waals surface area (Å²) in [4.78, 5) is 4.88. The molecule has 19 aromatic carbocycles. The molecule has 8 nitrogen and oxygen atoms in total. The zero-order valence-electron chi connectivity index (χ0n) is 75.5. The van der Waals surface area contributed by atoms with Crippen LogP contribution in [0.3, 0.4) is 0 Å². The third kappa shape index (κ3) is 15.6. The molecule has 654 valence electrons. The molecule has 0 bridgehead atoms. The van der Waals surface area contributed by atoms with Gasteiger partial charge in [0, 0.05) is 77.9 Å². The van der Waals surface area contributed by atoms with Crippen molar-refractivity contribution in [1.82, 2.24) is 9.13 Å². The normalized spacial score (nSPS) is 14.0. The van der Waals surface area contributed by atoms with Crippen LogP contribution in [0.4, 0.5) is 34.1 Å². The summed E-state index contributed by atoms with van der Waals surface area (Å²) < 4.78 is 31.1. The van der Waals surface area contributed by atoms with E-state index in [0.29, 0.717) is 39.6 Å². The average molecular weight is 1760 g/mol. The van der Waals surface area contributed by atoms with Crippen molar-refractivity contribution in [2.75, 3.05) is 23.0 Å². The number of para-hydroxylation sites is 2. The molecule has 0 saturated carbocycles. The first-order chi connectivity index (χ1) is 67.3. The number of anilines is 6. The van der Waals surface area contributed by atoms with Crippen molar-refractivity contribution in [3.63, 3.8) is 0 Å². The Morgan fingerprint density at radius 2 is 0.544 bits per heavy atom. The first kappa shape index (κ1) is 83.7. The molecule has 8 heteroatoms. The summed E-state index contributed by atoms with van der Waals surface area (Å²) in [5.74, 6) is 1.68. The minimum Gasteiger partial charge on any atom is -0.494 e. The van der Waals surface area contributed by atoms with E-state index >= 15 is 0 Å². The molecule has 0 saturated heterocycles. The van der Waals surface area contributed by atoms with Crippen LogP contribution in [0.1, 0.15) is 79.6 Å². The molecule has 21 aromatic rings. The van der Waals surface area contributed by atoms with Gasteiger partial charge in [0.2, 0.25) is 0 Å². The van der Waals surface area contributed by atoms with Crippen molar-refractivity contribution in [3.05, 3.63) is 541 Å². The molecule has 136 heavy (non-hydrogen) atoms. The molecule has 0 spiro atoms. The van der Waals surface area contributed by atoms with Crippen LogP contribution in [-0.2, 0) is 46.7 Å². The van der Waals surface area contributed by atoms with Crippen LogP contribution in [0.25, 0.3) is 112 Å². The van der Waals surface area contributed by atoms with Gasteiger partial charge in [-0.15, -0.1) is 0 Å². The van der Waals surface area contributed by atoms with Crippen LogP contribution < -0.4 is 19.3 Å². The number of fused-ring (bicyclic) bond motifs is 12. The number of aromatic nitrogens is 2. The first-order valence-corrected chi connectivity index (χ1v) is 47.0. The van der Waals surface area contributed by atoms with Gasteiger partial charge < -0.3 is 37.9 Å². The topological polar surface area (TPSA) is 53.3 Å². The maximum atomic E-state index is 6.68. The van der Waals surface area contributed by atoms with Crippen LogP contribution in [-0.4, -0.2) is 22.3 Å². The molecule has 23 rings (SSSR count). The van der Waals surface area contributed by atoms with E-state index in [1.807, 2.05) is 36.4 Å². The lowest BCUT2D eigenvalue weighted by Crippen LogP contribution is -2.29. The van der Waals surface area contributed by atoms with Gasteiger partial charge in [0.25, 0.3) is 0 Å². The van der Waals surface area contributed by atoms with E-state index in [4.69, 9.17) is 18.9 Å². The fourth-order valence-electron chi connectivity index (χ4n) is 21.2. The van der Waals surface area contributed by atoms with Crippen molar-refractivity contribution in [2.45, 2.75) is 50.1 Å². The van der Waals surface area contributed by atoms with Crippen LogP contribution in [0, 0.1) is 0 Å². The lowest BCUT2D eigenvalue weighted by Gasteiger charge is -2.34. The van der Waals surface area contributed by atoms with E-state index in [9.17, 15) is 0 Å². The van der Waals surface area contributed by atoms with Crippen molar-refractivity contribution in [2.24, 2.45) is 0 Å². The van der Waals surface area contributed by atoms with Gasteiger partial charge in [0.15, 0.2) is 0 Å². The smallest absolute Gasteiger partial charge is 0.119 e. The third-order valence-corrected chi connectivity index (χ3v) is 27.8. The van der Waals surface area contributed by atoms with Crippen LogP contribution in [0.15, 0.2) is 474 Å². The molecule has 0 radical (unpaired) electrons. The zero-order chi connectivity index (χ0) is 90.9. The highest BCUT2D eigenvalue weighted by molar-refractivity contribution is 6.12. The van der Waals surface area contributed by atoms with Crippen molar-refractivity contribution < 1.29 is 18.9 Å². The Bertz CT molecular complexity index is 7480. The van der Waals surface area contributed by atoms with Crippen LogP contribution in [0.2, 0.25) is 0 Å². The molecular formula is C128H98N4O4. The van der Waals surface area contributed by atoms with Crippen LogP contribution >= 0.6 is 0 Å². The summed E-state index contributed by atoms with van der Waals surface area (Å²) >= 11 is 0. The van der Waals surface area contributed by atoms with Gasteiger partial charge in [-0.25, -0.2) is 0 Å². The molecule has 2 aliphatic rings. The minimum absolute atomic E-state index is 0.473. The quantitative estimate of drug-likeness (QED) is 0.0447. The molecule has 2 heterocycles. The maximum Gasteiger partial charge on any atom is 0.119 e. The fourth-order valence-corrected chi connectivity index (χ4v) is 21.2. The Kier molecular flexibility index (Phi) is 22.5. The summed E-state index contributed by atoms with van der Waals surface area (Å²) in [6.45, 7) is 10.9. The molecule has 0 amide bonds. The molecule has 0 N–H and O–H groups in total. The summed E-state index contributed by atoms with van der Waals surface area (Å²) in [7, 11) is 0. The van der Waals surface area contributed by atoms with E-state index < -0.39 is 10.8 Å². The van der Waals surface area contributed by atoms with Gasteiger partial charge in [0.05, 0.1) is 61.7 Å². The highest BCUT2D eigenvalue weighted by Crippen LogP contribution is 2.59. The Labute approximate surface area is 794 Å². The van der Waals surface area contributed by atoms with Gasteiger partial charge in [0.1, 0.15) is 11.5 Å². The minimum atomic E-state index is -0.515. The van der Waals surface area contributed by atoms with Gasteiger partial charge in [-0.2, -0.15) is 0 Å². The van der Waals surface area contributed by atoms with Crippen LogP contribution in [0.5, 0.6) is 11.5 Å².